The van der Waals surface area contributed by atoms with Crippen LogP contribution in [0.4, 0.5) is 0 Å². The summed E-state index contributed by atoms with van der Waals surface area (Å²) < 4.78 is 0. The Morgan fingerprint density at radius 1 is 0.964 bits per heavy atom. The maximum absolute atomic E-state index is 9.54. The van der Waals surface area contributed by atoms with E-state index in [4.69, 9.17) is 0 Å². The maximum Gasteiger partial charge on any atom is 0.104 e. The molecule has 1 aliphatic heterocycles. The van der Waals surface area contributed by atoms with Crippen LogP contribution in [-0.2, 0) is 6.54 Å². The first-order valence-corrected chi connectivity index (χ1v) is 9.71. The zero-order chi connectivity index (χ0) is 19.1. The average Bonchev–Trinajstić information content (AvgIpc) is 3.06. The van der Waals surface area contributed by atoms with Crippen molar-refractivity contribution >= 4 is 11.0 Å². The number of aromatic amines is 1. The summed E-state index contributed by atoms with van der Waals surface area (Å²) in [4.78, 5) is 10.1. The third kappa shape index (κ3) is 3.21. The Balaban J connectivity index is 1.43. The first-order valence-electron chi connectivity index (χ1n) is 9.71. The Morgan fingerprint density at radius 3 is 2.46 bits per heavy atom. The number of hydrogen-bond acceptors (Lipinski definition) is 3. The van der Waals surface area contributed by atoms with Crippen molar-refractivity contribution in [2.45, 2.75) is 19.6 Å². The van der Waals surface area contributed by atoms with Gasteiger partial charge in [-0.15, -0.1) is 0 Å². The van der Waals surface area contributed by atoms with Gasteiger partial charge in [-0.3, -0.25) is 4.90 Å². The van der Waals surface area contributed by atoms with Crippen LogP contribution in [0.2, 0.25) is 0 Å². The van der Waals surface area contributed by atoms with Crippen molar-refractivity contribution < 1.29 is 5.11 Å². The number of aliphatic hydroxyl groups excluding tert-OH is 1. The van der Waals surface area contributed by atoms with Crippen molar-refractivity contribution in [2.75, 3.05) is 13.1 Å². The lowest BCUT2D eigenvalue weighted by atomic mass is 9.96. The largest absolute Gasteiger partial charge is 0.390 e. The quantitative estimate of drug-likeness (QED) is 0.561. The minimum absolute atomic E-state index is 0.164. The average molecular weight is 369 g/mol. The van der Waals surface area contributed by atoms with Crippen LogP contribution < -0.4 is 0 Å². The normalized spacial score (nSPS) is 15.1. The third-order valence-electron chi connectivity index (χ3n) is 5.48. The molecule has 140 valence electrons. The SMILES string of the molecule is Cc1nc2ccc(-c3ccc(-c4ccccc4CN4CC(O)C4)cc3)cc2[nH]1. The second-order valence-corrected chi connectivity index (χ2v) is 7.64. The molecule has 1 aliphatic rings. The van der Waals surface area contributed by atoms with E-state index in [1.54, 1.807) is 0 Å². The molecule has 4 heteroatoms. The number of nitrogens with one attached hydrogen (secondary N) is 1. The molecule has 1 fully saturated rings. The number of fused-ring (bicyclic) bond motifs is 1. The lowest BCUT2D eigenvalue weighted by Crippen LogP contribution is -2.49. The monoisotopic (exact) mass is 369 g/mol. The highest BCUT2D eigenvalue weighted by molar-refractivity contribution is 5.82. The van der Waals surface area contributed by atoms with Gasteiger partial charge in [0.25, 0.3) is 0 Å². The molecule has 0 bridgehead atoms. The van der Waals surface area contributed by atoms with Crippen LogP contribution in [-0.4, -0.2) is 39.2 Å². The zero-order valence-electron chi connectivity index (χ0n) is 15.9. The van der Waals surface area contributed by atoms with E-state index in [2.05, 4.69) is 81.6 Å². The molecule has 0 spiro atoms. The van der Waals surface area contributed by atoms with Crippen LogP contribution in [0.3, 0.4) is 0 Å². The summed E-state index contributed by atoms with van der Waals surface area (Å²) in [5.41, 5.74) is 8.24. The van der Waals surface area contributed by atoms with Gasteiger partial charge in [0.2, 0.25) is 0 Å². The van der Waals surface area contributed by atoms with E-state index >= 15 is 0 Å². The predicted molar refractivity (Wildman–Crippen MR) is 113 cm³/mol. The van der Waals surface area contributed by atoms with Gasteiger partial charge in [0.1, 0.15) is 5.82 Å². The van der Waals surface area contributed by atoms with Crippen LogP contribution in [0.15, 0.2) is 66.7 Å². The molecule has 0 saturated carbocycles. The Morgan fingerprint density at radius 2 is 1.68 bits per heavy atom. The van der Waals surface area contributed by atoms with Gasteiger partial charge in [-0.05, 0) is 46.9 Å². The summed E-state index contributed by atoms with van der Waals surface area (Å²) in [6.45, 7) is 4.39. The Labute approximate surface area is 164 Å². The van der Waals surface area contributed by atoms with E-state index in [0.717, 1.165) is 36.5 Å². The first-order chi connectivity index (χ1) is 13.7. The predicted octanol–water partition coefficient (Wildman–Crippen LogP) is 4.38. The molecule has 3 aromatic carbocycles. The molecule has 0 radical (unpaired) electrons. The van der Waals surface area contributed by atoms with Crippen molar-refractivity contribution in [3.63, 3.8) is 0 Å². The van der Waals surface area contributed by atoms with Crippen LogP contribution in [0.5, 0.6) is 0 Å². The highest BCUT2D eigenvalue weighted by atomic mass is 16.3. The standard InChI is InChI=1S/C24H23N3O/c1-16-25-23-11-10-19(12-24(23)26-16)17-6-8-18(9-7-17)22-5-3-2-4-20(22)13-27-14-21(28)15-27/h2-12,21,28H,13-15H2,1H3,(H,25,26). The Hall–Kier alpha value is -2.95. The van der Waals surface area contributed by atoms with Gasteiger partial charge < -0.3 is 10.1 Å². The molecule has 4 nitrogen and oxygen atoms in total. The first kappa shape index (κ1) is 17.2. The maximum atomic E-state index is 9.54. The van der Waals surface area contributed by atoms with Crippen molar-refractivity contribution in [1.82, 2.24) is 14.9 Å². The van der Waals surface area contributed by atoms with E-state index in [9.17, 15) is 5.11 Å². The van der Waals surface area contributed by atoms with Crippen molar-refractivity contribution in [2.24, 2.45) is 0 Å². The summed E-state index contributed by atoms with van der Waals surface area (Å²) >= 11 is 0. The number of aryl methyl sites for hydroxylation is 1. The number of hydrogen-bond donors (Lipinski definition) is 2. The number of H-pyrrole nitrogens is 1. The van der Waals surface area contributed by atoms with E-state index in [1.165, 1.54) is 27.8 Å². The molecule has 1 aromatic heterocycles. The molecule has 1 saturated heterocycles. The minimum atomic E-state index is -0.164. The van der Waals surface area contributed by atoms with Gasteiger partial charge in [0.05, 0.1) is 17.1 Å². The second-order valence-electron chi connectivity index (χ2n) is 7.64. The molecule has 0 aliphatic carbocycles. The number of rotatable bonds is 4. The molecular weight excluding hydrogens is 346 g/mol. The number of imidazole rings is 1. The summed E-state index contributed by atoms with van der Waals surface area (Å²) in [5.74, 6) is 0.939. The number of aliphatic hydroxyl groups is 1. The van der Waals surface area contributed by atoms with Gasteiger partial charge in [0, 0.05) is 19.6 Å². The summed E-state index contributed by atoms with van der Waals surface area (Å²) in [7, 11) is 0. The van der Waals surface area contributed by atoms with E-state index in [1.807, 2.05) is 6.92 Å². The number of likely N-dealkylation sites (tertiary alicyclic amines) is 1. The highest BCUT2D eigenvalue weighted by Gasteiger charge is 2.24. The number of nitrogens with zero attached hydrogens (tertiary/aromatic N) is 2. The third-order valence-corrected chi connectivity index (χ3v) is 5.48. The molecule has 2 heterocycles. The minimum Gasteiger partial charge on any atom is -0.390 e. The lowest BCUT2D eigenvalue weighted by Gasteiger charge is -2.36. The number of β-amino-alcohol motifs (C(OH)–C–C–N with tert-alkyl or cyclic N) is 1. The van der Waals surface area contributed by atoms with E-state index in [0.29, 0.717) is 0 Å². The van der Waals surface area contributed by atoms with Gasteiger partial charge >= 0.3 is 0 Å². The summed E-state index contributed by atoms with van der Waals surface area (Å²) in [5, 5.41) is 9.54. The van der Waals surface area contributed by atoms with Crippen LogP contribution >= 0.6 is 0 Å². The highest BCUT2D eigenvalue weighted by Crippen LogP contribution is 2.29. The molecule has 2 N–H and O–H groups in total. The molecular formula is C24H23N3O. The fraction of sp³-hybridized carbons (Fsp3) is 0.208. The van der Waals surface area contributed by atoms with Crippen LogP contribution in [0, 0.1) is 6.92 Å². The molecule has 4 aromatic rings. The van der Waals surface area contributed by atoms with Gasteiger partial charge in [0.15, 0.2) is 0 Å². The molecule has 0 atom stereocenters. The molecule has 5 rings (SSSR count). The number of aromatic nitrogens is 2. The Kier molecular flexibility index (Phi) is 4.23. The molecule has 0 amide bonds. The summed E-state index contributed by atoms with van der Waals surface area (Å²) in [6.07, 6.45) is -0.164. The van der Waals surface area contributed by atoms with Crippen molar-refractivity contribution in [3.05, 3.63) is 78.1 Å². The van der Waals surface area contributed by atoms with Crippen molar-refractivity contribution in [3.8, 4) is 22.3 Å². The van der Waals surface area contributed by atoms with E-state index < -0.39 is 0 Å². The lowest BCUT2D eigenvalue weighted by molar-refractivity contribution is -0.00277. The van der Waals surface area contributed by atoms with Crippen molar-refractivity contribution in [1.29, 1.82) is 0 Å². The van der Waals surface area contributed by atoms with Crippen LogP contribution in [0.1, 0.15) is 11.4 Å². The van der Waals surface area contributed by atoms with Gasteiger partial charge in [-0.25, -0.2) is 4.98 Å². The van der Waals surface area contributed by atoms with Crippen LogP contribution in [0.25, 0.3) is 33.3 Å². The molecule has 28 heavy (non-hydrogen) atoms. The zero-order valence-corrected chi connectivity index (χ0v) is 15.9. The number of benzene rings is 3. The molecule has 0 unspecified atom stereocenters. The fourth-order valence-electron chi connectivity index (χ4n) is 4.01. The Bertz CT molecular complexity index is 1120. The van der Waals surface area contributed by atoms with E-state index in [-0.39, 0.29) is 6.10 Å². The summed E-state index contributed by atoms with van der Waals surface area (Å²) in [6, 6.07) is 23.7. The smallest absolute Gasteiger partial charge is 0.104 e. The van der Waals surface area contributed by atoms with Gasteiger partial charge in [-0.2, -0.15) is 0 Å². The van der Waals surface area contributed by atoms with Gasteiger partial charge in [-0.1, -0.05) is 54.6 Å². The second kappa shape index (κ2) is 6.89. The fourth-order valence-corrected chi connectivity index (χ4v) is 4.01. The topological polar surface area (TPSA) is 52.1 Å².